The normalized spacial score (nSPS) is 13.9. The summed E-state index contributed by atoms with van der Waals surface area (Å²) in [5, 5.41) is 4.13. The van der Waals surface area contributed by atoms with Crippen molar-refractivity contribution in [3.63, 3.8) is 0 Å². The Morgan fingerprint density at radius 1 is 1.28 bits per heavy atom. The van der Waals surface area contributed by atoms with Crippen LogP contribution in [0.15, 0.2) is 24.3 Å². The minimum atomic E-state index is 0.246. The molecule has 1 unspecified atom stereocenters. The lowest BCUT2D eigenvalue weighted by Crippen LogP contribution is -2.44. The van der Waals surface area contributed by atoms with Crippen LogP contribution in [0.25, 0.3) is 0 Å². The number of rotatable bonds is 6. The molecule has 0 saturated carbocycles. The summed E-state index contributed by atoms with van der Waals surface area (Å²) in [6, 6.07) is 8.57. The Kier molecular flexibility index (Phi) is 5.64. The van der Waals surface area contributed by atoms with Crippen LogP contribution in [-0.2, 0) is 6.54 Å². The third kappa shape index (κ3) is 4.60. The van der Waals surface area contributed by atoms with Gasteiger partial charge in [0.1, 0.15) is 0 Å². The third-order valence-electron chi connectivity index (χ3n) is 3.65. The molecule has 1 aromatic rings. The summed E-state index contributed by atoms with van der Waals surface area (Å²) in [4.78, 5) is 2.36. The zero-order valence-corrected chi connectivity index (χ0v) is 12.9. The molecule has 0 radical (unpaired) electrons. The molecule has 0 aliphatic carbocycles. The van der Waals surface area contributed by atoms with Gasteiger partial charge < -0.3 is 10.2 Å². The van der Waals surface area contributed by atoms with Gasteiger partial charge in [-0.2, -0.15) is 0 Å². The van der Waals surface area contributed by atoms with E-state index in [0.717, 1.165) is 18.1 Å². The van der Waals surface area contributed by atoms with Crippen LogP contribution in [0.5, 0.6) is 0 Å². The minimum absolute atomic E-state index is 0.246. The molecule has 0 aliphatic heterocycles. The van der Waals surface area contributed by atoms with Gasteiger partial charge in [-0.15, -0.1) is 0 Å². The fourth-order valence-corrected chi connectivity index (χ4v) is 2.31. The Hall–Kier alpha value is -0.570. The third-order valence-corrected chi connectivity index (χ3v) is 3.90. The summed E-state index contributed by atoms with van der Waals surface area (Å²) < 4.78 is 0. The van der Waals surface area contributed by atoms with E-state index in [1.54, 1.807) is 0 Å². The minimum Gasteiger partial charge on any atom is -0.317 e. The summed E-state index contributed by atoms with van der Waals surface area (Å²) in [7, 11) is 4.18. The van der Waals surface area contributed by atoms with E-state index in [1.165, 1.54) is 5.56 Å². The molecule has 18 heavy (non-hydrogen) atoms. The van der Waals surface area contributed by atoms with Gasteiger partial charge in [-0.05, 0) is 44.1 Å². The van der Waals surface area contributed by atoms with Crippen molar-refractivity contribution in [3.05, 3.63) is 34.9 Å². The fourth-order valence-electron chi connectivity index (χ4n) is 2.18. The lowest BCUT2D eigenvalue weighted by atomic mass is 9.85. The molecular weight excluding hydrogens is 244 g/mol. The van der Waals surface area contributed by atoms with Crippen molar-refractivity contribution in [2.45, 2.75) is 33.4 Å². The predicted octanol–water partition coefficient (Wildman–Crippen LogP) is 3.41. The molecule has 1 rings (SSSR count). The van der Waals surface area contributed by atoms with Crippen molar-refractivity contribution in [2.75, 3.05) is 20.6 Å². The molecule has 0 spiro atoms. The fraction of sp³-hybridized carbons (Fsp3) is 0.600. The highest BCUT2D eigenvalue weighted by Gasteiger charge is 2.26. The van der Waals surface area contributed by atoms with Crippen LogP contribution < -0.4 is 5.32 Å². The van der Waals surface area contributed by atoms with Crippen LogP contribution >= 0.6 is 11.6 Å². The first-order chi connectivity index (χ1) is 8.35. The van der Waals surface area contributed by atoms with Crippen molar-refractivity contribution >= 4 is 11.6 Å². The van der Waals surface area contributed by atoms with Crippen LogP contribution in [0.2, 0.25) is 5.02 Å². The van der Waals surface area contributed by atoms with Gasteiger partial charge in [0.25, 0.3) is 0 Å². The monoisotopic (exact) mass is 268 g/mol. The second-order valence-electron chi connectivity index (χ2n) is 5.80. The second-order valence-corrected chi connectivity index (χ2v) is 6.23. The van der Waals surface area contributed by atoms with Crippen LogP contribution in [-0.4, -0.2) is 31.6 Å². The molecule has 102 valence electrons. The average Bonchev–Trinajstić information content (AvgIpc) is 2.30. The molecule has 0 heterocycles. The number of benzene rings is 1. The highest BCUT2D eigenvalue weighted by Crippen LogP contribution is 2.22. The first-order valence-corrected chi connectivity index (χ1v) is 6.83. The second kappa shape index (κ2) is 6.55. The maximum atomic E-state index is 5.89. The summed E-state index contributed by atoms with van der Waals surface area (Å²) in [6.07, 6.45) is 0. The molecule has 1 N–H and O–H groups in total. The SMILES string of the molecule is CNC(C)C(C)(C)CN(C)Cc1ccc(Cl)cc1. The van der Waals surface area contributed by atoms with Crippen molar-refractivity contribution in [2.24, 2.45) is 5.41 Å². The van der Waals surface area contributed by atoms with Gasteiger partial charge in [-0.25, -0.2) is 0 Å². The van der Waals surface area contributed by atoms with Gasteiger partial charge in [0.2, 0.25) is 0 Å². The molecule has 1 atom stereocenters. The topological polar surface area (TPSA) is 15.3 Å². The van der Waals surface area contributed by atoms with Crippen molar-refractivity contribution in [1.82, 2.24) is 10.2 Å². The summed E-state index contributed by atoms with van der Waals surface area (Å²) >= 11 is 5.89. The quantitative estimate of drug-likeness (QED) is 0.851. The summed E-state index contributed by atoms with van der Waals surface area (Å²) in [5.41, 5.74) is 1.55. The van der Waals surface area contributed by atoms with E-state index in [4.69, 9.17) is 11.6 Å². The first kappa shape index (κ1) is 15.5. The van der Waals surface area contributed by atoms with E-state index in [2.05, 4.69) is 50.2 Å². The van der Waals surface area contributed by atoms with E-state index in [0.29, 0.717) is 6.04 Å². The van der Waals surface area contributed by atoms with Crippen molar-refractivity contribution in [1.29, 1.82) is 0 Å². The van der Waals surface area contributed by atoms with Gasteiger partial charge in [0, 0.05) is 24.2 Å². The van der Waals surface area contributed by atoms with E-state index in [-0.39, 0.29) is 5.41 Å². The summed E-state index contributed by atoms with van der Waals surface area (Å²) in [6.45, 7) is 8.84. The lowest BCUT2D eigenvalue weighted by Gasteiger charge is -2.35. The molecule has 0 aromatic heterocycles. The lowest BCUT2D eigenvalue weighted by molar-refractivity contribution is 0.164. The van der Waals surface area contributed by atoms with E-state index < -0.39 is 0 Å². The van der Waals surface area contributed by atoms with Gasteiger partial charge in [-0.1, -0.05) is 37.6 Å². The largest absolute Gasteiger partial charge is 0.317 e. The smallest absolute Gasteiger partial charge is 0.0406 e. The van der Waals surface area contributed by atoms with Crippen LogP contribution in [0.1, 0.15) is 26.3 Å². The molecule has 2 nitrogen and oxygen atoms in total. The number of hydrogen-bond acceptors (Lipinski definition) is 2. The Morgan fingerprint density at radius 3 is 2.33 bits per heavy atom. The number of halogens is 1. The molecule has 0 aliphatic rings. The predicted molar refractivity (Wildman–Crippen MR) is 80.1 cm³/mol. The molecular formula is C15H25ClN2. The van der Waals surface area contributed by atoms with Crippen molar-refractivity contribution in [3.8, 4) is 0 Å². The maximum Gasteiger partial charge on any atom is 0.0406 e. The highest BCUT2D eigenvalue weighted by molar-refractivity contribution is 6.30. The Bertz CT molecular complexity index is 359. The van der Waals surface area contributed by atoms with Crippen LogP contribution in [0.3, 0.4) is 0 Å². The molecule has 3 heteroatoms. The highest BCUT2D eigenvalue weighted by atomic mass is 35.5. The van der Waals surface area contributed by atoms with E-state index in [1.807, 2.05) is 19.2 Å². The molecule has 0 amide bonds. The zero-order valence-electron chi connectivity index (χ0n) is 12.1. The van der Waals surface area contributed by atoms with Crippen LogP contribution in [0.4, 0.5) is 0 Å². The Morgan fingerprint density at radius 2 is 1.83 bits per heavy atom. The number of hydrogen-bond donors (Lipinski definition) is 1. The number of nitrogens with one attached hydrogen (secondary N) is 1. The molecule has 0 saturated heterocycles. The molecule has 0 bridgehead atoms. The average molecular weight is 269 g/mol. The Balaban J connectivity index is 2.56. The standard InChI is InChI=1S/C15H25ClN2/c1-12(17-4)15(2,3)11-18(5)10-13-6-8-14(16)9-7-13/h6-9,12,17H,10-11H2,1-5H3. The Labute approximate surface area is 116 Å². The van der Waals surface area contributed by atoms with E-state index >= 15 is 0 Å². The van der Waals surface area contributed by atoms with Gasteiger partial charge in [0.05, 0.1) is 0 Å². The van der Waals surface area contributed by atoms with Gasteiger partial charge in [0.15, 0.2) is 0 Å². The zero-order chi connectivity index (χ0) is 13.8. The van der Waals surface area contributed by atoms with Gasteiger partial charge in [-0.3, -0.25) is 0 Å². The van der Waals surface area contributed by atoms with Crippen LogP contribution in [0, 0.1) is 5.41 Å². The van der Waals surface area contributed by atoms with E-state index in [9.17, 15) is 0 Å². The van der Waals surface area contributed by atoms with Gasteiger partial charge >= 0.3 is 0 Å². The molecule has 1 aromatic carbocycles. The maximum absolute atomic E-state index is 5.89. The molecule has 0 fully saturated rings. The van der Waals surface area contributed by atoms with Crippen molar-refractivity contribution < 1.29 is 0 Å². The summed E-state index contributed by atoms with van der Waals surface area (Å²) in [5.74, 6) is 0. The first-order valence-electron chi connectivity index (χ1n) is 6.45. The number of nitrogens with zero attached hydrogens (tertiary/aromatic N) is 1.